The Bertz CT molecular complexity index is 1650. The van der Waals surface area contributed by atoms with Crippen LogP contribution in [-0.2, 0) is 30.5 Å². The van der Waals surface area contributed by atoms with Gasteiger partial charge in [0.2, 0.25) is 5.91 Å². The number of urea groups is 1. The minimum Gasteiger partial charge on any atom is -0.404 e. The van der Waals surface area contributed by atoms with Gasteiger partial charge in [0.25, 0.3) is 15.9 Å². The van der Waals surface area contributed by atoms with Gasteiger partial charge in [0, 0.05) is 12.1 Å². The number of carbonyl (C=O) groups excluding carboxylic acids is 3. The number of nitrogens with one attached hydrogen (secondary N) is 4. The van der Waals surface area contributed by atoms with Crippen LogP contribution >= 0.6 is 0 Å². The van der Waals surface area contributed by atoms with E-state index < -0.39 is 52.6 Å². The maximum Gasteiger partial charge on any atom is 0.481 e. The first-order valence-corrected chi connectivity index (χ1v) is 19.4. The van der Waals surface area contributed by atoms with Gasteiger partial charge in [-0.3, -0.25) is 9.59 Å². The molecule has 50 heavy (non-hydrogen) atoms. The van der Waals surface area contributed by atoms with Crippen LogP contribution in [0.2, 0.25) is 0 Å². The van der Waals surface area contributed by atoms with Gasteiger partial charge in [-0.1, -0.05) is 70.9 Å². The molecular weight excluding hydrogens is 655 g/mol. The summed E-state index contributed by atoms with van der Waals surface area (Å²) in [7, 11) is -4.86. The van der Waals surface area contributed by atoms with E-state index >= 15 is 0 Å². The highest BCUT2D eigenvalue weighted by molar-refractivity contribution is 7.90. The molecular formula is C37H53BN4O7S. The van der Waals surface area contributed by atoms with E-state index in [9.17, 15) is 22.8 Å². The molecule has 0 unspecified atom stereocenters. The van der Waals surface area contributed by atoms with Crippen molar-refractivity contribution >= 4 is 35.0 Å². The van der Waals surface area contributed by atoms with Gasteiger partial charge in [-0.05, 0) is 98.9 Å². The van der Waals surface area contributed by atoms with Gasteiger partial charge in [-0.2, -0.15) is 0 Å². The molecule has 2 aromatic rings. The second-order valence-electron chi connectivity index (χ2n) is 15.5. The van der Waals surface area contributed by atoms with Crippen LogP contribution in [0.25, 0.3) is 0 Å². The predicted octanol–water partition coefficient (Wildman–Crippen LogP) is 4.92. The number of unbranched alkanes of at least 4 members (excludes halogenated alkanes) is 1. The average molecular weight is 709 g/mol. The van der Waals surface area contributed by atoms with E-state index in [1.807, 2.05) is 37.6 Å². The van der Waals surface area contributed by atoms with Crippen molar-refractivity contribution in [2.45, 2.75) is 116 Å². The normalized spacial score (nSPS) is 24.8. The molecule has 0 spiro atoms. The lowest BCUT2D eigenvalue weighted by Gasteiger charge is -2.64. The Hall–Kier alpha value is -3.42. The van der Waals surface area contributed by atoms with Crippen LogP contribution in [0, 0.1) is 30.1 Å². The zero-order valence-corrected chi connectivity index (χ0v) is 31.2. The third-order valence-electron chi connectivity index (χ3n) is 11.0. The molecule has 11 nitrogen and oxygen atoms in total. The van der Waals surface area contributed by atoms with Crippen LogP contribution < -0.4 is 20.7 Å². The summed E-state index contributed by atoms with van der Waals surface area (Å²) in [4.78, 5) is 40.3. The first-order chi connectivity index (χ1) is 23.5. The molecule has 4 fully saturated rings. The van der Waals surface area contributed by atoms with Crippen molar-refractivity contribution in [1.82, 2.24) is 20.7 Å². The number of carbonyl (C=O) groups is 3. The number of aryl methyl sites for hydroxylation is 2. The Labute approximate surface area is 297 Å². The van der Waals surface area contributed by atoms with Crippen molar-refractivity contribution in [2.75, 3.05) is 6.54 Å². The molecule has 4 aliphatic rings. The van der Waals surface area contributed by atoms with E-state index in [0.717, 1.165) is 43.2 Å². The van der Waals surface area contributed by atoms with Gasteiger partial charge in [0.05, 0.1) is 22.5 Å². The van der Waals surface area contributed by atoms with Crippen molar-refractivity contribution in [2.24, 2.45) is 23.2 Å². The van der Waals surface area contributed by atoms with Crippen molar-refractivity contribution in [3.05, 3.63) is 65.2 Å². The number of benzene rings is 2. The molecule has 3 saturated carbocycles. The van der Waals surface area contributed by atoms with Crippen molar-refractivity contribution < 1.29 is 32.1 Å². The number of rotatable bonds is 14. The molecule has 6 rings (SSSR count). The second-order valence-corrected chi connectivity index (χ2v) is 17.2. The quantitative estimate of drug-likeness (QED) is 0.203. The molecule has 0 aromatic heterocycles. The third-order valence-corrected chi connectivity index (χ3v) is 12.4. The zero-order chi connectivity index (χ0) is 36.4. The SMILES string of the molecule is CCCCc1ccc(C(=O)N[C@@H](CNC(=O)NS(=O)(=O)c2ccc(C)cc2)C(=O)N[C@@H](CC(C)C)B2O[C@@H]3C[C@H]4C[C@H](C4(C)C)[C@]3(C)O2)cc1. The van der Waals surface area contributed by atoms with E-state index in [-0.39, 0.29) is 28.9 Å². The molecule has 0 radical (unpaired) electrons. The fourth-order valence-corrected chi connectivity index (χ4v) is 8.81. The highest BCUT2D eigenvalue weighted by Gasteiger charge is 2.68. The highest BCUT2D eigenvalue weighted by atomic mass is 32.2. The lowest BCUT2D eigenvalue weighted by molar-refractivity contribution is -0.199. The summed E-state index contributed by atoms with van der Waals surface area (Å²) < 4.78 is 40.9. The van der Waals surface area contributed by atoms with Crippen LogP contribution in [0.3, 0.4) is 0 Å². The van der Waals surface area contributed by atoms with Gasteiger partial charge in [-0.25, -0.2) is 17.9 Å². The average Bonchev–Trinajstić information content (AvgIpc) is 3.42. The van der Waals surface area contributed by atoms with Gasteiger partial charge in [0.1, 0.15) is 6.04 Å². The predicted molar refractivity (Wildman–Crippen MR) is 193 cm³/mol. The van der Waals surface area contributed by atoms with E-state index in [1.54, 1.807) is 24.3 Å². The van der Waals surface area contributed by atoms with Crippen LogP contribution in [0.5, 0.6) is 0 Å². The molecule has 4 amide bonds. The Kier molecular flexibility index (Phi) is 11.4. The summed E-state index contributed by atoms with van der Waals surface area (Å²) in [5, 5.41) is 8.30. The minimum atomic E-state index is -4.17. The third kappa shape index (κ3) is 8.21. The molecule has 1 saturated heterocycles. The summed E-state index contributed by atoms with van der Waals surface area (Å²) >= 11 is 0. The molecule has 3 aliphatic carbocycles. The van der Waals surface area contributed by atoms with Crippen molar-refractivity contribution in [3.8, 4) is 0 Å². The summed E-state index contributed by atoms with van der Waals surface area (Å²) in [5.41, 5.74) is 2.01. The van der Waals surface area contributed by atoms with Gasteiger partial charge >= 0.3 is 13.1 Å². The minimum absolute atomic E-state index is 0.0764. The van der Waals surface area contributed by atoms with Crippen molar-refractivity contribution in [1.29, 1.82) is 0 Å². The lowest BCUT2D eigenvalue weighted by atomic mass is 9.43. The fourth-order valence-electron chi connectivity index (χ4n) is 7.88. The van der Waals surface area contributed by atoms with Crippen molar-refractivity contribution in [3.63, 3.8) is 0 Å². The molecule has 272 valence electrons. The first kappa shape index (κ1) is 37.8. The molecule has 2 aromatic carbocycles. The topological polar surface area (TPSA) is 152 Å². The van der Waals surface area contributed by atoms with Crippen LogP contribution in [0.15, 0.2) is 53.4 Å². The van der Waals surface area contributed by atoms with E-state index in [1.165, 1.54) is 12.1 Å². The smallest absolute Gasteiger partial charge is 0.404 e. The fraction of sp³-hybridized carbons (Fsp3) is 0.595. The molecule has 1 aliphatic heterocycles. The molecule has 2 bridgehead atoms. The lowest BCUT2D eigenvalue weighted by Crippen LogP contribution is -2.65. The largest absolute Gasteiger partial charge is 0.481 e. The number of sulfonamides is 1. The monoisotopic (exact) mass is 708 g/mol. The maximum absolute atomic E-state index is 14.0. The summed E-state index contributed by atoms with van der Waals surface area (Å²) in [6.45, 7) is 14.4. The summed E-state index contributed by atoms with van der Waals surface area (Å²) in [6, 6.07) is 11.0. The number of hydrogen-bond acceptors (Lipinski definition) is 7. The van der Waals surface area contributed by atoms with Gasteiger partial charge in [-0.15, -0.1) is 0 Å². The summed E-state index contributed by atoms with van der Waals surface area (Å²) in [6.07, 6.45) is 5.46. The Balaban J connectivity index is 1.31. The van der Waals surface area contributed by atoms with Gasteiger partial charge < -0.3 is 25.3 Å². The Morgan fingerprint density at radius 2 is 1.66 bits per heavy atom. The number of amides is 4. The first-order valence-electron chi connectivity index (χ1n) is 17.9. The maximum atomic E-state index is 14.0. The van der Waals surface area contributed by atoms with E-state index in [4.69, 9.17) is 9.31 Å². The van der Waals surface area contributed by atoms with E-state index in [0.29, 0.717) is 23.8 Å². The molecule has 4 N–H and O–H groups in total. The Morgan fingerprint density at radius 3 is 2.28 bits per heavy atom. The van der Waals surface area contributed by atoms with Crippen LogP contribution in [-0.4, -0.2) is 63.6 Å². The molecule has 13 heteroatoms. The second kappa shape index (κ2) is 15.1. The standard InChI is InChI=1S/C37H53BN4O7S/c1-8-9-10-25-13-15-26(16-14-25)33(43)40-29(22-39-35(45)42-50(46,47)28-17-11-24(4)12-18-28)34(44)41-32(19-23(2)3)38-48-31-21-27-20-30(36(27,5)6)37(31,7)49-38/h11-18,23,27,29-32H,8-10,19-22H2,1-7H3,(H,40,43)(H,41,44)(H2,39,42,45)/t27-,29+,30-,31-,32+,37+/m1/s1. The molecule has 1 heterocycles. The zero-order valence-electron chi connectivity index (χ0n) is 30.4. The Morgan fingerprint density at radius 1 is 0.980 bits per heavy atom. The van der Waals surface area contributed by atoms with Crippen LogP contribution in [0.1, 0.15) is 95.1 Å². The number of hydrogen-bond donors (Lipinski definition) is 4. The molecule has 6 atom stereocenters. The van der Waals surface area contributed by atoms with Gasteiger partial charge in [0.15, 0.2) is 0 Å². The van der Waals surface area contributed by atoms with E-state index in [2.05, 4.69) is 43.6 Å². The highest BCUT2D eigenvalue weighted by Crippen LogP contribution is 2.65. The van der Waals surface area contributed by atoms with Crippen LogP contribution in [0.4, 0.5) is 4.79 Å². The summed E-state index contributed by atoms with van der Waals surface area (Å²) in [5.74, 6) is -0.489.